The molecule has 4 rings (SSSR count). The number of aliphatic imine (C=N–C) groups is 1. The lowest BCUT2D eigenvalue weighted by Gasteiger charge is -2.14. The molecule has 1 aromatic heterocycles. The molecule has 0 saturated carbocycles. The van der Waals surface area contributed by atoms with Gasteiger partial charge in [0, 0.05) is 52.4 Å². The molecule has 1 amide bonds. The van der Waals surface area contributed by atoms with Crippen molar-refractivity contribution in [2.45, 2.75) is 6.42 Å². The van der Waals surface area contributed by atoms with E-state index in [0.29, 0.717) is 27.5 Å². The number of benzene rings is 2. The number of rotatable bonds is 6. The van der Waals surface area contributed by atoms with E-state index in [1.165, 1.54) is 0 Å². The molecule has 2 aromatic carbocycles. The van der Waals surface area contributed by atoms with Gasteiger partial charge in [0.15, 0.2) is 5.78 Å². The molecule has 0 aliphatic carbocycles. The molecule has 0 atom stereocenters. The number of anilines is 1. The van der Waals surface area contributed by atoms with E-state index in [0.717, 1.165) is 29.0 Å². The highest BCUT2D eigenvalue weighted by Crippen LogP contribution is 2.21. The molecule has 0 fully saturated rings. The van der Waals surface area contributed by atoms with Gasteiger partial charge < -0.3 is 10.2 Å². The lowest BCUT2D eigenvalue weighted by molar-refractivity contribution is 0.0992. The molecule has 3 aromatic rings. The fourth-order valence-corrected chi connectivity index (χ4v) is 3.88. The van der Waals surface area contributed by atoms with Gasteiger partial charge in [-0.15, -0.1) is 0 Å². The summed E-state index contributed by atoms with van der Waals surface area (Å²) in [6, 6.07) is 15.8. The zero-order valence-electron chi connectivity index (χ0n) is 17.3. The number of pyridine rings is 1. The molecular formula is C24H20BrClN4O2. The van der Waals surface area contributed by atoms with Gasteiger partial charge in [0.05, 0.1) is 6.54 Å². The smallest absolute Gasteiger partial charge is 0.257 e. The lowest BCUT2D eigenvalue weighted by atomic mass is 9.97. The summed E-state index contributed by atoms with van der Waals surface area (Å²) in [6.45, 7) is 1.68. The second kappa shape index (κ2) is 9.63. The van der Waals surface area contributed by atoms with Crippen molar-refractivity contribution in [3.63, 3.8) is 0 Å². The predicted molar refractivity (Wildman–Crippen MR) is 130 cm³/mol. The van der Waals surface area contributed by atoms with Crippen LogP contribution >= 0.6 is 27.5 Å². The van der Waals surface area contributed by atoms with Crippen LogP contribution < -0.4 is 5.32 Å². The van der Waals surface area contributed by atoms with Gasteiger partial charge in [-0.05, 0) is 45.8 Å². The maximum Gasteiger partial charge on any atom is 0.257 e. The third-order valence-electron chi connectivity index (χ3n) is 5.16. The highest BCUT2D eigenvalue weighted by Gasteiger charge is 2.18. The zero-order chi connectivity index (χ0) is 22.7. The number of amides is 1. The Balaban J connectivity index is 1.52. The lowest BCUT2D eigenvalue weighted by Crippen LogP contribution is -2.23. The largest absolute Gasteiger partial charge is 0.358 e. The molecule has 32 heavy (non-hydrogen) atoms. The number of carbonyl (C=O) groups excluding carboxylic acids is 2. The number of nitrogens with one attached hydrogen (secondary N) is 1. The Labute approximate surface area is 199 Å². The Bertz CT molecular complexity index is 1190. The Kier molecular flexibility index (Phi) is 6.67. The number of ketones is 1. The molecule has 0 radical (unpaired) electrons. The highest BCUT2D eigenvalue weighted by molar-refractivity contribution is 9.10. The second-order valence-electron chi connectivity index (χ2n) is 7.42. The minimum absolute atomic E-state index is 0.0773. The summed E-state index contributed by atoms with van der Waals surface area (Å²) < 4.78 is 0.808. The van der Waals surface area contributed by atoms with E-state index in [4.69, 9.17) is 11.6 Å². The molecule has 1 aliphatic heterocycles. The van der Waals surface area contributed by atoms with E-state index in [1.54, 1.807) is 48.7 Å². The maximum absolute atomic E-state index is 12.9. The molecule has 6 nitrogen and oxygen atoms in total. The van der Waals surface area contributed by atoms with Gasteiger partial charge in [-0.2, -0.15) is 0 Å². The second-order valence-corrected chi connectivity index (χ2v) is 8.77. The first-order chi connectivity index (χ1) is 15.4. The van der Waals surface area contributed by atoms with Crippen LogP contribution in [0.3, 0.4) is 0 Å². The number of nitrogens with zero attached hydrogens (tertiary/aromatic N) is 3. The van der Waals surface area contributed by atoms with Crippen molar-refractivity contribution in [2.24, 2.45) is 4.99 Å². The Morgan fingerprint density at radius 1 is 1.12 bits per heavy atom. The minimum atomic E-state index is -0.372. The van der Waals surface area contributed by atoms with Crippen LogP contribution in [-0.2, 0) is 6.42 Å². The number of hydrogen-bond acceptors (Lipinski definition) is 5. The van der Waals surface area contributed by atoms with Crippen molar-refractivity contribution < 1.29 is 9.59 Å². The number of Topliss-reactive ketones (excluding diaryl/α,β-unsaturated/α-hetero) is 1. The molecule has 8 heteroatoms. The number of amidine groups is 1. The summed E-state index contributed by atoms with van der Waals surface area (Å²) >= 11 is 9.44. The van der Waals surface area contributed by atoms with Crippen LogP contribution in [0, 0.1) is 0 Å². The van der Waals surface area contributed by atoms with Crippen molar-refractivity contribution in [1.82, 2.24) is 9.88 Å². The molecule has 0 unspecified atom stereocenters. The Morgan fingerprint density at radius 2 is 1.91 bits per heavy atom. The zero-order valence-corrected chi connectivity index (χ0v) is 19.7. The van der Waals surface area contributed by atoms with Crippen LogP contribution in [0.15, 0.2) is 70.3 Å². The summed E-state index contributed by atoms with van der Waals surface area (Å²) in [5.74, 6) is 0.882. The van der Waals surface area contributed by atoms with E-state index in [2.05, 4.69) is 36.1 Å². The number of likely N-dealkylation sites (N-methyl/N-ethyl adjacent to an activating group) is 1. The molecule has 2 heterocycles. The van der Waals surface area contributed by atoms with Crippen LogP contribution in [0.1, 0.15) is 31.8 Å². The van der Waals surface area contributed by atoms with E-state index < -0.39 is 0 Å². The van der Waals surface area contributed by atoms with Gasteiger partial charge in [0.2, 0.25) is 0 Å². The van der Waals surface area contributed by atoms with Gasteiger partial charge in [-0.1, -0.05) is 41.9 Å². The summed E-state index contributed by atoms with van der Waals surface area (Å²) in [5, 5.41) is 3.17. The summed E-state index contributed by atoms with van der Waals surface area (Å²) in [6.07, 6.45) is 1.67. The first-order valence-corrected chi connectivity index (χ1v) is 11.2. The minimum Gasteiger partial charge on any atom is -0.358 e. The number of hydrogen-bond donors (Lipinski definition) is 1. The molecule has 1 aliphatic rings. The van der Waals surface area contributed by atoms with Crippen molar-refractivity contribution in [2.75, 3.05) is 25.5 Å². The third-order valence-corrected chi connectivity index (χ3v) is 5.86. The van der Waals surface area contributed by atoms with Crippen molar-refractivity contribution in [1.29, 1.82) is 0 Å². The fraction of sp³-hybridized carbons (Fsp3) is 0.167. The normalized spacial score (nSPS) is 13.1. The van der Waals surface area contributed by atoms with Crippen LogP contribution in [0.25, 0.3) is 0 Å². The Hall–Kier alpha value is -3.03. The van der Waals surface area contributed by atoms with Gasteiger partial charge in [0.1, 0.15) is 11.7 Å². The van der Waals surface area contributed by atoms with Crippen LogP contribution in [0.5, 0.6) is 0 Å². The van der Waals surface area contributed by atoms with Crippen molar-refractivity contribution in [3.05, 3.63) is 92.5 Å². The summed E-state index contributed by atoms with van der Waals surface area (Å²) in [5.41, 5.74) is 2.49. The monoisotopic (exact) mass is 510 g/mol. The Morgan fingerprint density at radius 3 is 2.56 bits per heavy atom. The van der Waals surface area contributed by atoms with Gasteiger partial charge in [-0.3, -0.25) is 14.6 Å². The van der Waals surface area contributed by atoms with Crippen LogP contribution in [-0.4, -0.2) is 47.5 Å². The fourth-order valence-electron chi connectivity index (χ4n) is 3.47. The molecule has 0 bridgehead atoms. The molecular weight excluding hydrogens is 492 g/mol. The average molecular weight is 512 g/mol. The van der Waals surface area contributed by atoms with Gasteiger partial charge in [-0.25, -0.2) is 4.98 Å². The molecule has 1 N–H and O–H groups in total. The van der Waals surface area contributed by atoms with Crippen molar-refractivity contribution >= 4 is 50.9 Å². The summed E-state index contributed by atoms with van der Waals surface area (Å²) in [7, 11) is 2.00. The van der Waals surface area contributed by atoms with Gasteiger partial charge >= 0.3 is 0 Å². The third kappa shape index (κ3) is 5.06. The predicted octanol–water partition coefficient (Wildman–Crippen LogP) is 4.87. The van der Waals surface area contributed by atoms with E-state index >= 15 is 0 Å². The molecule has 162 valence electrons. The van der Waals surface area contributed by atoms with E-state index in [9.17, 15) is 9.59 Å². The number of aromatic nitrogens is 1. The van der Waals surface area contributed by atoms with Crippen molar-refractivity contribution in [3.8, 4) is 0 Å². The quantitative estimate of drug-likeness (QED) is 0.479. The molecule has 0 spiro atoms. The van der Waals surface area contributed by atoms with Gasteiger partial charge in [0.25, 0.3) is 5.91 Å². The van der Waals surface area contributed by atoms with Crippen LogP contribution in [0.4, 0.5) is 5.82 Å². The van der Waals surface area contributed by atoms with E-state index in [-0.39, 0.29) is 18.1 Å². The maximum atomic E-state index is 12.9. The number of halogens is 2. The molecule has 0 saturated heterocycles. The topological polar surface area (TPSA) is 74.7 Å². The standard InChI is InChI=1S/C24H20BrClN4O2/c1-30-11-10-27-23(30)16-4-2-15(3-5-16)21(31)12-17-6-8-19(26)13-20(17)24(32)29-22-9-7-18(25)14-28-22/h2-9,13-14H,10-12H2,1H3,(H,28,29,32). The first kappa shape index (κ1) is 22.2. The average Bonchev–Trinajstić information content (AvgIpc) is 3.22. The number of carbonyl (C=O) groups is 2. The van der Waals surface area contributed by atoms with Crippen LogP contribution in [0.2, 0.25) is 5.02 Å². The first-order valence-electron chi connectivity index (χ1n) is 10.0. The summed E-state index contributed by atoms with van der Waals surface area (Å²) in [4.78, 5) is 36.6. The highest BCUT2D eigenvalue weighted by atomic mass is 79.9. The SMILES string of the molecule is CN1CCN=C1c1ccc(C(=O)Cc2ccc(Cl)cc2C(=O)Nc2ccc(Br)cn2)cc1. The van der Waals surface area contributed by atoms with E-state index in [1.807, 2.05) is 19.2 Å².